The predicted molar refractivity (Wildman–Crippen MR) is 123 cm³/mol. The number of benzene rings is 2. The molecule has 31 heavy (non-hydrogen) atoms. The molecule has 9 heteroatoms. The van der Waals surface area contributed by atoms with Gasteiger partial charge in [-0.3, -0.25) is 10.2 Å². The molecule has 1 N–H and O–H groups in total. The zero-order valence-corrected chi connectivity index (χ0v) is 19.1. The van der Waals surface area contributed by atoms with Crippen molar-refractivity contribution in [3.8, 4) is 16.9 Å². The lowest BCUT2D eigenvalue weighted by Gasteiger charge is -2.32. The molecule has 1 aliphatic carbocycles. The Balaban J connectivity index is 1.58. The maximum absolute atomic E-state index is 13.2. The number of hydrazine groups is 1. The van der Waals surface area contributed by atoms with Crippen LogP contribution in [-0.2, 0) is 6.42 Å². The minimum Gasteiger partial charge on any atom is -0.304 e. The van der Waals surface area contributed by atoms with Crippen LogP contribution in [0.5, 0.6) is 0 Å². The Labute approximate surface area is 195 Å². The van der Waals surface area contributed by atoms with E-state index in [0.29, 0.717) is 32.9 Å². The van der Waals surface area contributed by atoms with E-state index in [1.807, 2.05) is 29.3 Å². The van der Waals surface area contributed by atoms with Crippen molar-refractivity contribution < 1.29 is 4.79 Å². The van der Waals surface area contributed by atoms with Gasteiger partial charge in [0.1, 0.15) is 0 Å². The summed E-state index contributed by atoms with van der Waals surface area (Å²) in [6, 6.07) is 11.0. The van der Waals surface area contributed by atoms with Crippen LogP contribution in [0.2, 0.25) is 15.1 Å². The maximum Gasteiger partial charge on any atom is 0.286 e. The van der Waals surface area contributed by atoms with Crippen molar-refractivity contribution in [1.29, 1.82) is 0 Å². The van der Waals surface area contributed by atoms with E-state index in [1.54, 1.807) is 16.8 Å². The molecule has 5 rings (SSSR count). The van der Waals surface area contributed by atoms with E-state index in [0.717, 1.165) is 48.6 Å². The number of nitrogens with zero attached hydrogens (tertiary/aromatic N) is 4. The van der Waals surface area contributed by atoms with E-state index in [1.165, 1.54) is 0 Å². The average molecular weight is 477 g/mol. The zero-order valence-electron chi connectivity index (χ0n) is 16.8. The van der Waals surface area contributed by atoms with Crippen molar-refractivity contribution >= 4 is 40.7 Å². The fraction of sp³-hybridized carbons (Fsp3) is 0.273. The number of rotatable bonds is 3. The molecule has 0 unspecified atom stereocenters. The number of carbonyl (C=O) groups is 1. The molecule has 2 heterocycles. The predicted octanol–water partition coefficient (Wildman–Crippen LogP) is 4.30. The van der Waals surface area contributed by atoms with Crippen molar-refractivity contribution in [3.05, 3.63) is 68.3 Å². The molecule has 1 fully saturated rings. The number of hydrogen-bond donors (Lipinski definition) is 1. The molecule has 2 aromatic carbocycles. The van der Waals surface area contributed by atoms with Crippen molar-refractivity contribution in [2.24, 2.45) is 0 Å². The minimum atomic E-state index is -0.219. The van der Waals surface area contributed by atoms with Crippen LogP contribution in [0, 0.1) is 0 Å². The Morgan fingerprint density at radius 2 is 1.71 bits per heavy atom. The SMILES string of the molecule is CN1CCN(NC(=O)c2nn(-c3ccc(Cl)cc3Cl)c3c2Cc2cc(Cl)ccc2-3)CC1. The van der Waals surface area contributed by atoms with Gasteiger partial charge >= 0.3 is 0 Å². The summed E-state index contributed by atoms with van der Waals surface area (Å²) in [6.45, 7) is 3.34. The van der Waals surface area contributed by atoms with Gasteiger partial charge in [0.15, 0.2) is 5.69 Å². The second-order valence-electron chi connectivity index (χ2n) is 7.89. The van der Waals surface area contributed by atoms with E-state index in [4.69, 9.17) is 39.9 Å². The summed E-state index contributed by atoms with van der Waals surface area (Å²) < 4.78 is 1.74. The van der Waals surface area contributed by atoms with Gasteiger partial charge in [-0.25, -0.2) is 9.69 Å². The molecule has 6 nitrogen and oxygen atoms in total. The third-order valence-corrected chi connectivity index (χ3v) is 6.56. The van der Waals surface area contributed by atoms with Gasteiger partial charge in [0.05, 0.1) is 16.4 Å². The van der Waals surface area contributed by atoms with Gasteiger partial charge in [-0.15, -0.1) is 0 Å². The lowest BCUT2D eigenvalue weighted by molar-refractivity contribution is 0.0656. The van der Waals surface area contributed by atoms with Crippen LogP contribution < -0.4 is 5.43 Å². The summed E-state index contributed by atoms with van der Waals surface area (Å²) >= 11 is 18.8. The molecule has 0 bridgehead atoms. The van der Waals surface area contributed by atoms with Crippen LogP contribution in [0.15, 0.2) is 36.4 Å². The molecule has 1 saturated heterocycles. The van der Waals surface area contributed by atoms with E-state index in [-0.39, 0.29) is 5.91 Å². The van der Waals surface area contributed by atoms with Crippen molar-refractivity contribution in [1.82, 2.24) is 25.1 Å². The second kappa shape index (κ2) is 8.11. The topological polar surface area (TPSA) is 53.4 Å². The Morgan fingerprint density at radius 1 is 1.00 bits per heavy atom. The first-order chi connectivity index (χ1) is 14.9. The molecule has 0 radical (unpaired) electrons. The van der Waals surface area contributed by atoms with Gasteiger partial charge in [-0.1, -0.05) is 40.9 Å². The van der Waals surface area contributed by atoms with Gasteiger partial charge in [-0.2, -0.15) is 5.10 Å². The summed E-state index contributed by atoms with van der Waals surface area (Å²) in [5.41, 5.74) is 7.88. The van der Waals surface area contributed by atoms with E-state index in [9.17, 15) is 4.79 Å². The van der Waals surface area contributed by atoms with E-state index in [2.05, 4.69) is 17.4 Å². The largest absolute Gasteiger partial charge is 0.304 e. The third-order valence-electron chi connectivity index (χ3n) is 5.79. The summed E-state index contributed by atoms with van der Waals surface area (Å²) in [7, 11) is 2.08. The number of nitrogens with one attached hydrogen (secondary N) is 1. The fourth-order valence-corrected chi connectivity index (χ4v) is 4.83. The first-order valence-electron chi connectivity index (χ1n) is 10.0. The lowest BCUT2D eigenvalue weighted by atomic mass is 10.1. The van der Waals surface area contributed by atoms with Gasteiger partial charge in [0.25, 0.3) is 5.91 Å². The Morgan fingerprint density at radius 3 is 2.45 bits per heavy atom. The maximum atomic E-state index is 13.2. The normalized spacial score (nSPS) is 16.3. The molecule has 1 aliphatic heterocycles. The molecule has 1 aromatic heterocycles. The van der Waals surface area contributed by atoms with Gasteiger partial charge in [0, 0.05) is 53.8 Å². The van der Waals surface area contributed by atoms with Gasteiger partial charge in [0.2, 0.25) is 0 Å². The molecule has 2 aliphatic rings. The highest BCUT2D eigenvalue weighted by atomic mass is 35.5. The number of aromatic nitrogens is 2. The fourth-order valence-electron chi connectivity index (χ4n) is 4.15. The number of amides is 1. The first-order valence-corrected chi connectivity index (χ1v) is 11.1. The number of hydrogen-bond acceptors (Lipinski definition) is 4. The summed E-state index contributed by atoms with van der Waals surface area (Å²) in [5, 5.41) is 8.31. The van der Waals surface area contributed by atoms with Gasteiger partial charge in [-0.05, 0) is 42.9 Å². The van der Waals surface area contributed by atoms with E-state index < -0.39 is 0 Å². The molecule has 0 spiro atoms. The van der Waals surface area contributed by atoms with Crippen molar-refractivity contribution in [3.63, 3.8) is 0 Å². The number of likely N-dealkylation sites (N-methyl/N-ethyl adjacent to an activating group) is 1. The molecule has 3 aromatic rings. The van der Waals surface area contributed by atoms with Crippen LogP contribution in [0.25, 0.3) is 16.9 Å². The van der Waals surface area contributed by atoms with Crippen molar-refractivity contribution in [2.45, 2.75) is 6.42 Å². The van der Waals surface area contributed by atoms with Gasteiger partial charge < -0.3 is 4.90 Å². The molecule has 1 amide bonds. The molecular formula is C22H20Cl3N5O. The Bertz CT molecular complexity index is 1180. The minimum absolute atomic E-state index is 0.219. The highest BCUT2D eigenvalue weighted by Gasteiger charge is 2.32. The molecular weight excluding hydrogens is 457 g/mol. The number of fused-ring (bicyclic) bond motifs is 3. The molecule has 0 saturated carbocycles. The average Bonchev–Trinajstić information content (AvgIpc) is 3.26. The van der Waals surface area contributed by atoms with Crippen LogP contribution in [0.3, 0.4) is 0 Å². The number of piperazine rings is 1. The van der Waals surface area contributed by atoms with Crippen LogP contribution >= 0.6 is 34.8 Å². The Kier molecular flexibility index (Phi) is 5.44. The number of halogens is 3. The molecule has 0 atom stereocenters. The lowest BCUT2D eigenvalue weighted by Crippen LogP contribution is -2.52. The van der Waals surface area contributed by atoms with Crippen LogP contribution in [-0.4, -0.2) is 58.8 Å². The standard InChI is InChI=1S/C22H20Cl3N5O/c1-28-6-8-29(9-7-28)27-22(31)20-17-11-13-10-14(23)2-4-16(13)21(17)30(26-20)19-5-3-15(24)12-18(19)25/h2-5,10,12H,6-9,11H2,1H3,(H,27,31). The smallest absolute Gasteiger partial charge is 0.286 e. The highest BCUT2D eigenvalue weighted by molar-refractivity contribution is 6.35. The Hall–Kier alpha value is -2.09. The summed E-state index contributed by atoms with van der Waals surface area (Å²) in [4.78, 5) is 15.5. The highest BCUT2D eigenvalue weighted by Crippen LogP contribution is 2.42. The summed E-state index contributed by atoms with van der Waals surface area (Å²) in [5.74, 6) is -0.219. The second-order valence-corrected chi connectivity index (χ2v) is 9.17. The van der Waals surface area contributed by atoms with Crippen molar-refractivity contribution in [2.75, 3.05) is 33.2 Å². The number of carbonyl (C=O) groups excluding carboxylic acids is 1. The zero-order chi connectivity index (χ0) is 21.7. The first kappa shape index (κ1) is 20.8. The quantitative estimate of drug-likeness (QED) is 0.479. The monoisotopic (exact) mass is 475 g/mol. The third kappa shape index (κ3) is 3.83. The summed E-state index contributed by atoms with van der Waals surface area (Å²) in [6.07, 6.45) is 0.585. The van der Waals surface area contributed by atoms with Crippen LogP contribution in [0.4, 0.5) is 0 Å². The molecule has 160 valence electrons. The van der Waals surface area contributed by atoms with Crippen LogP contribution in [0.1, 0.15) is 21.6 Å². The van der Waals surface area contributed by atoms with E-state index >= 15 is 0 Å².